The van der Waals surface area contributed by atoms with Crippen LogP contribution in [0.1, 0.15) is 156 Å². The van der Waals surface area contributed by atoms with Crippen molar-refractivity contribution in [3.8, 4) is 0 Å². The fourth-order valence-corrected chi connectivity index (χ4v) is 5.61. The van der Waals surface area contributed by atoms with Crippen molar-refractivity contribution in [2.75, 3.05) is 26.2 Å². The lowest BCUT2D eigenvalue weighted by Gasteiger charge is -2.04. The smallest absolute Gasteiger partial charge is 0.322 e. The highest BCUT2D eigenvalue weighted by molar-refractivity contribution is 5.83. The number of carbonyl (C=O) groups excluding carboxylic acids is 4. The van der Waals surface area contributed by atoms with Gasteiger partial charge in [-0.1, -0.05) is 168 Å². The first kappa shape index (κ1) is 74.6. The van der Waals surface area contributed by atoms with Crippen LogP contribution in [0.25, 0.3) is 0 Å². The molecular weight excluding hydrogens is 985 g/mol. The fourth-order valence-electron chi connectivity index (χ4n) is 5.61. The summed E-state index contributed by atoms with van der Waals surface area (Å²) in [6, 6.07) is 0. The van der Waals surface area contributed by atoms with Crippen LogP contribution < -0.4 is 21.3 Å². The molecule has 0 aliphatic heterocycles. The normalized spacial score (nSPS) is 11.4. The maximum absolute atomic E-state index is 11.7. The standard InChI is InChI=1S/C25H38N2O4.C25H36N2O4.2C5H8N2.C2H6/c2*1-2-3-4-5-6-7-8-9-10-11-12-13-14-15-16-17-18-19-23(28)26-21-20-24(29)27-22-25(30)31;2*1-2-5-3-6-4-7-5;1-2/h3-4,6-7,9-10,12-13,15-16H,2,5,8,11,14,17-22H2,1H3,(H,26,28)(H,27,29)(H,30,31);2-3,5-6,8-9,11-12,14-15,17-18H,4,7,10,13,16,19-22H2,1H3,(H,26,28)(H,27,29)(H,30,31);2*3-4H,2H2,1H3,(H,6,7);1-2H3/b4-3-,7-6-,10-9-,13-12-,16-15-;3-2-,6-5-,9-8-,12-11-,15-14-,18-17-;;;. The third kappa shape index (κ3) is 62.7. The van der Waals surface area contributed by atoms with E-state index in [1.54, 1.807) is 18.7 Å². The number of nitrogens with zero attached hydrogens (tertiary/aromatic N) is 2. The Hall–Kier alpha value is -7.62. The van der Waals surface area contributed by atoms with Crippen LogP contribution in [-0.2, 0) is 41.6 Å². The number of hydrogen-bond acceptors (Lipinski definition) is 8. The second kappa shape index (κ2) is 61.9. The number of aromatic nitrogens is 4. The van der Waals surface area contributed by atoms with E-state index < -0.39 is 30.9 Å². The van der Waals surface area contributed by atoms with Gasteiger partial charge in [0, 0.05) is 62.6 Å². The van der Waals surface area contributed by atoms with Gasteiger partial charge in [0.15, 0.2) is 0 Å². The monoisotopic (exact) mass is 1080 g/mol. The van der Waals surface area contributed by atoms with Crippen LogP contribution in [0.2, 0.25) is 0 Å². The molecule has 0 fully saturated rings. The van der Waals surface area contributed by atoms with Crippen molar-refractivity contribution in [1.29, 1.82) is 0 Å². The van der Waals surface area contributed by atoms with Crippen LogP contribution >= 0.6 is 0 Å². The number of rotatable bonds is 37. The van der Waals surface area contributed by atoms with Crippen LogP contribution in [0.5, 0.6) is 0 Å². The summed E-state index contributed by atoms with van der Waals surface area (Å²) < 4.78 is 0. The van der Waals surface area contributed by atoms with Gasteiger partial charge in [-0.05, 0) is 96.8 Å². The van der Waals surface area contributed by atoms with Crippen LogP contribution in [-0.4, -0.2) is 91.9 Å². The lowest BCUT2D eigenvalue weighted by molar-refractivity contribution is -0.138. The Kier molecular flexibility index (Phi) is 59.2. The van der Waals surface area contributed by atoms with Crippen molar-refractivity contribution in [1.82, 2.24) is 41.2 Å². The highest BCUT2D eigenvalue weighted by atomic mass is 16.4. The van der Waals surface area contributed by atoms with Gasteiger partial charge in [0.05, 0.1) is 12.7 Å². The van der Waals surface area contributed by atoms with Crippen molar-refractivity contribution in [3.05, 3.63) is 170 Å². The van der Waals surface area contributed by atoms with E-state index in [2.05, 4.69) is 183 Å². The Morgan fingerprint density at radius 2 is 0.782 bits per heavy atom. The number of allylic oxidation sites excluding steroid dienone is 21. The van der Waals surface area contributed by atoms with Gasteiger partial charge in [-0.3, -0.25) is 28.8 Å². The first-order valence-electron chi connectivity index (χ1n) is 27.5. The Morgan fingerprint density at radius 1 is 0.449 bits per heavy atom. The molecule has 0 atom stereocenters. The van der Waals surface area contributed by atoms with Gasteiger partial charge in [0.1, 0.15) is 13.1 Å². The van der Waals surface area contributed by atoms with Gasteiger partial charge in [-0.15, -0.1) is 0 Å². The van der Waals surface area contributed by atoms with E-state index in [1.165, 1.54) is 11.4 Å². The average Bonchev–Trinajstić information content (AvgIpc) is 4.19. The minimum atomic E-state index is -1.10. The zero-order chi connectivity index (χ0) is 58.2. The molecule has 0 saturated carbocycles. The number of nitrogens with one attached hydrogen (secondary N) is 6. The molecule has 0 aromatic carbocycles. The summed E-state index contributed by atoms with van der Waals surface area (Å²) in [5.74, 6) is -3.25. The molecule has 2 heterocycles. The summed E-state index contributed by atoms with van der Waals surface area (Å²) in [5, 5.41) is 26.7. The van der Waals surface area contributed by atoms with Crippen molar-refractivity contribution in [2.24, 2.45) is 0 Å². The van der Waals surface area contributed by atoms with E-state index in [0.717, 1.165) is 89.9 Å². The molecule has 0 spiro atoms. The molecule has 0 unspecified atom stereocenters. The SMILES string of the molecule is C/C=C\C/C=C\C/C=C\C/C=C\C/C=C\C/C=C\CC(=O)NCCC(=O)NCC(=O)O.CC.CC/C=C\C/C=C\C/C=C\C/C=C\C/C=C\CCCC(=O)NCCC(=O)NCC(=O)O.CCc1cnc[nH]1.CCc1cnc[nH]1. The third-order valence-electron chi connectivity index (χ3n) is 9.76. The van der Waals surface area contributed by atoms with E-state index >= 15 is 0 Å². The fraction of sp³-hybridized carbons (Fsp3) is 0.452. The molecule has 2 aromatic rings. The lowest BCUT2D eigenvalue weighted by atomic mass is 10.2. The summed E-state index contributed by atoms with van der Waals surface area (Å²) in [7, 11) is 0. The highest BCUT2D eigenvalue weighted by Gasteiger charge is 2.06. The van der Waals surface area contributed by atoms with Gasteiger partial charge < -0.3 is 41.4 Å². The summed E-state index contributed by atoms with van der Waals surface area (Å²) in [4.78, 5) is 80.2. The van der Waals surface area contributed by atoms with Crippen LogP contribution in [0.4, 0.5) is 0 Å². The van der Waals surface area contributed by atoms with E-state index in [4.69, 9.17) is 10.2 Å². The minimum absolute atomic E-state index is 0.0582. The number of carboxylic acids is 2. The number of aryl methyl sites for hydroxylation is 2. The molecule has 2 aromatic heterocycles. The average molecular weight is 1080 g/mol. The van der Waals surface area contributed by atoms with Gasteiger partial charge in [-0.2, -0.15) is 0 Å². The second-order valence-electron chi connectivity index (χ2n) is 16.3. The quantitative estimate of drug-likeness (QED) is 0.0235. The maximum atomic E-state index is 11.7. The second-order valence-corrected chi connectivity index (χ2v) is 16.3. The lowest BCUT2D eigenvalue weighted by Crippen LogP contribution is -2.33. The van der Waals surface area contributed by atoms with Crippen molar-refractivity contribution >= 4 is 35.6 Å². The molecule has 4 amide bonds. The molecule has 16 nitrogen and oxygen atoms in total. The summed E-state index contributed by atoms with van der Waals surface area (Å²) in [5.41, 5.74) is 2.39. The summed E-state index contributed by atoms with van der Waals surface area (Å²) in [6.45, 7) is 11.9. The van der Waals surface area contributed by atoms with Crippen LogP contribution in [0, 0.1) is 0 Å². The number of amides is 4. The molecule has 0 saturated heterocycles. The maximum Gasteiger partial charge on any atom is 0.322 e. The van der Waals surface area contributed by atoms with Gasteiger partial charge >= 0.3 is 11.9 Å². The summed E-state index contributed by atoms with van der Waals surface area (Å²) >= 11 is 0. The van der Waals surface area contributed by atoms with Crippen LogP contribution in [0.15, 0.2) is 159 Å². The molecule has 16 heteroatoms. The zero-order valence-corrected chi connectivity index (χ0v) is 47.8. The number of carboxylic acid groups (broad SMARTS) is 2. The largest absolute Gasteiger partial charge is 0.480 e. The minimum Gasteiger partial charge on any atom is -0.480 e. The number of aliphatic carboxylic acids is 2. The molecule has 0 aliphatic carbocycles. The number of carbonyl (C=O) groups is 6. The first-order chi connectivity index (χ1) is 38.0. The Bertz CT molecular complexity index is 2070. The van der Waals surface area contributed by atoms with E-state index in [-0.39, 0.29) is 50.1 Å². The molecular formula is C62H96N8O8. The number of aromatic amines is 2. The Morgan fingerprint density at radius 3 is 1.10 bits per heavy atom. The van der Waals surface area contributed by atoms with Crippen molar-refractivity contribution < 1.29 is 39.0 Å². The molecule has 0 bridgehead atoms. The highest BCUT2D eigenvalue weighted by Crippen LogP contribution is 2.01. The first-order valence-corrected chi connectivity index (χ1v) is 27.5. The van der Waals surface area contributed by atoms with E-state index in [0.29, 0.717) is 6.42 Å². The summed E-state index contributed by atoms with van der Waals surface area (Å²) in [6.07, 6.45) is 67.5. The van der Waals surface area contributed by atoms with Gasteiger partial charge in [-0.25, -0.2) is 9.97 Å². The number of H-pyrrole nitrogens is 2. The zero-order valence-electron chi connectivity index (χ0n) is 47.8. The van der Waals surface area contributed by atoms with Gasteiger partial charge in [0.25, 0.3) is 0 Å². The number of unbranched alkanes of at least 4 members (excludes halogenated alkanes) is 1. The third-order valence-corrected chi connectivity index (χ3v) is 9.76. The predicted molar refractivity (Wildman–Crippen MR) is 320 cm³/mol. The van der Waals surface area contributed by atoms with Crippen molar-refractivity contribution in [3.63, 3.8) is 0 Å². The van der Waals surface area contributed by atoms with E-state index in [9.17, 15) is 28.8 Å². The van der Waals surface area contributed by atoms with Gasteiger partial charge in [0.2, 0.25) is 23.6 Å². The number of imidazole rings is 2. The predicted octanol–water partition coefficient (Wildman–Crippen LogP) is 12.0. The molecule has 2 rings (SSSR count). The molecule has 8 N–H and O–H groups in total. The van der Waals surface area contributed by atoms with E-state index in [1.807, 2.05) is 39.2 Å². The Balaban J connectivity index is -0.00000112. The van der Waals surface area contributed by atoms with Crippen LogP contribution in [0.3, 0.4) is 0 Å². The molecule has 78 heavy (non-hydrogen) atoms. The molecule has 432 valence electrons. The topological polar surface area (TPSA) is 248 Å². The molecule has 0 aliphatic rings. The Labute approximate surface area is 467 Å². The molecule has 0 radical (unpaired) electrons. The number of hydrogen-bond donors (Lipinski definition) is 8. The van der Waals surface area contributed by atoms with Crippen molar-refractivity contribution in [2.45, 2.75) is 157 Å².